The molecule has 17 heavy (non-hydrogen) atoms. The molecule has 1 N–H and O–H groups in total. The molecule has 3 unspecified atom stereocenters. The Balaban J connectivity index is 1.76. The molecule has 1 aliphatic carbocycles. The third-order valence-corrected chi connectivity index (χ3v) is 5.04. The molecule has 1 aliphatic heterocycles. The minimum atomic E-state index is 0.805. The summed E-state index contributed by atoms with van der Waals surface area (Å²) < 4.78 is 0. The molecule has 0 bridgehead atoms. The van der Waals surface area contributed by atoms with Crippen molar-refractivity contribution in [3.05, 3.63) is 0 Å². The van der Waals surface area contributed by atoms with Crippen LogP contribution in [0.5, 0.6) is 0 Å². The van der Waals surface area contributed by atoms with E-state index in [2.05, 4.69) is 24.2 Å². The Kier molecular flexibility index (Phi) is 5.30. The zero-order valence-corrected chi connectivity index (χ0v) is 11.8. The molecule has 3 atom stereocenters. The molecule has 1 saturated carbocycles. The average Bonchev–Trinajstić information content (AvgIpc) is 2.84. The van der Waals surface area contributed by atoms with Gasteiger partial charge in [0.05, 0.1) is 0 Å². The molecule has 1 heterocycles. The van der Waals surface area contributed by atoms with Crippen LogP contribution in [-0.4, -0.2) is 37.1 Å². The maximum absolute atomic E-state index is 3.51. The molecule has 100 valence electrons. The number of nitrogens with zero attached hydrogens (tertiary/aromatic N) is 1. The maximum atomic E-state index is 3.51. The average molecular weight is 238 g/mol. The minimum Gasteiger partial charge on any atom is -0.317 e. The first kappa shape index (κ1) is 13.4. The van der Waals surface area contributed by atoms with Crippen LogP contribution in [0.4, 0.5) is 0 Å². The zero-order chi connectivity index (χ0) is 12.1. The van der Waals surface area contributed by atoms with Gasteiger partial charge in [-0.1, -0.05) is 19.8 Å². The van der Waals surface area contributed by atoms with Crippen LogP contribution in [0.2, 0.25) is 0 Å². The number of nitrogens with one attached hydrogen (secondary N) is 1. The molecular formula is C15H30N2. The van der Waals surface area contributed by atoms with Gasteiger partial charge in [0, 0.05) is 12.1 Å². The molecule has 0 amide bonds. The number of likely N-dealkylation sites (tertiary alicyclic amines) is 1. The fraction of sp³-hybridized carbons (Fsp3) is 1.00. The fourth-order valence-electron chi connectivity index (χ4n) is 3.91. The predicted molar refractivity (Wildman–Crippen MR) is 74.3 cm³/mol. The maximum Gasteiger partial charge on any atom is 0.00928 e. The first-order chi connectivity index (χ1) is 8.35. The lowest BCUT2D eigenvalue weighted by atomic mass is 9.96. The molecule has 0 spiro atoms. The number of hydrogen-bond donors (Lipinski definition) is 1. The number of rotatable bonds is 5. The van der Waals surface area contributed by atoms with Crippen LogP contribution in [0, 0.1) is 5.92 Å². The summed E-state index contributed by atoms with van der Waals surface area (Å²) in [6, 6.07) is 1.69. The summed E-state index contributed by atoms with van der Waals surface area (Å²) in [5, 5.41) is 3.51. The molecule has 0 radical (unpaired) electrons. The van der Waals surface area contributed by atoms with Gasteiger partial charge < -0.3 is 10.2 Å². The summed E-state index contributed by atoms with van der Waals surface area (Å²) in [6.45, 7) is 5.06. The lowest BCUT2D eigenvalue weighted by Crippen LogP contribution is -2.41. The van der Waals surface area contributed by atoms with Crippen LogP contribution in [0.25, 0.3) is 0 Å². The first-order valence-electron chi connectivity index (χ1n) is 7.76. The van der Waals surface area contributed by atoms with E-state index in [1.807, 2.05) is 0 Å². The van der Waals surface area contributed by atoms with Crippen LogP contribution in [-0.2, 0) is 0 Å². The highest BCUT2D eigenvalue weighted by Crippen LogP contribution is 2.29. The van der Waals surface area contributed by atoms with E-state index >= 15 is 0 Å². The van der Waals surface area contributed by atoms with E-state index in [0.29, 0.717) is 0 Å². The Morgan fingerprint density at radius 3 is 2.76 bits per heavy atom. The van der Waals surface area contributed by atoms with Gasteiger partial charge >= 0.3 is 0 Å². The minimum absolute atomic E-state index is 0.805. The van der Waals surface area contributed by atoms with Crippen molar-refractivity contribution >= 4 is 0 Å². The largest absolute Gasteiger partial charge is 0.317 e. The zero-order valence-electron chi connectivity index (χ0n) is 11.8. The summed E-state index contributed by atoms with van der Waals surface area (Å²) in [5.74, 6) is 0.944. The highest BCUT2D eigenvalue weighted by atomic mass is 15.2. The van der Waals surface area contributed by atoms with E-state index in [1.54, 1.807) is 0 Å². The second kappa shape index (κ2) is 6.75. The second-order valence-electron chi connectivity index (χ2n) is 5.97. The Morgan fingerprint density at radius 1 is 1.12 bits per heavy atom. The molecule has 0 aromatic heterocycles. The summed E-state index contributed by atoms with van der Waals surface area (Å²) in [4.78, 5) is 2.77. The molecular weight excluding hydrogens is 208 g/mol. The van der Waals surface area contributed by atoms with Gasteiger partial charge in [-0.05, 0) is 64.6 Å². The van der Waals surface area contributed by atoms with Gasteiger partial charge in [-0.3, -0.25) is 0 Å². The van der Waals surface area contributed by atoms with Gasteiger partial charge in [0.1, 0.15) is 0 Å². The molecule has 2 fully saturated rings. The van der Waals surface area contributed by atoms with Crippen molar-refractivity contribution in [3.8, 4) is 0 Å². The summed E-state index contributed by atoms with van der Waals surface area (Å²) in [7, 11) is 2.14. The van der Waals surface area contributed by atoms with Gasteiger partial charge in [-0.2, -0.15) is 0 Å². The van der Waals surface area contributed by atoms with Crippen molar-refractivity contribution in [2.75, 3.05) is 20.1 Å². The Bertz CT molecular complexity index is 217. The van der Waals surface area contributed by atoms with Gasteiger partial charge in [0.25, 0.3) is 0 Å². The normalized spacial score (nSPS) is 35.3. The van der Waals surface area contributed by atoms with Crippen molar-refractivity contribution in [2.24, 2.45) is 5.92 Å². The summed E-state index contributed by atoms with van der Waals surface area (Å²) in [6.07, 6.45) is 11.4. The standard InChI is InChI=1S/C15H30N2/c1-3-14-8-4-5-11-17(14)12-10-13-7-6-9-15(13)16-2/h13-16H,3-12H2,1-2H3. The van der Waals surface area contributed by atoms with Crippen LogP contribution < -0.4 is 5.32 Å². The Morgan fingerprint density at radius 2 is 2.00 bits per heavy atom. The fourth-order valence-corrected chi connectivity index (χ4v) is 3.91. The number of piperidine rings is 1. The SMILES string of the molecule is CCC1CCCCN1CCC1CCCC1NC. The van der Waals surface area contributed by atoms with Crippen LogP contribution >= 0.6 is 0 Å². The van der Waals surface area contributed by atoms with Gasteiger partial charge in [-0.25, -0.2) is 0 Å². The van der Waals surface area contributed by atoms with Crippen LogP contribution in [0.3, 0.4) is 0 Å². The van der Waals surface area contributed by atoms with Crippen LogP contribution in [0.15, 0.2) is 0 Å². The van der Waals surface area contributed by atoms with E-state index in [0.717, 1.165) is 18.0 Å². The van der Waals surface area contributed by atoms with Crippen molar-refractivity contribution in [3.63, 3.8) is 0 Å². The molecule has 2 rings (SSSR count). The van der Waals surface area contributed by atoms with E-state index in [4.69, 9.17) is 0 Å². The van der Waals surface area contributed by atoms with E-state index in [-0.39, 0.29) is 0 Å². The van der Waals surface area contributed by atoms with Gasteiger partial charge in [0.2, 0.25) is 0 Å². The van der Waals surface area contributed by atoms with E-state index in [9.17, 15) is 0 Å². The van der Waals surface area contributed by atoms with Crippen LogP contribution in [0.1, 0.15) is 58.3 Å². The third kappa shape index (κ3) is 3.45. The smallest absolute Gasteiger partial charge is 0.00928 e. The Labute approximate surface area is 107 Å². The molecule has 1 saturated heterocycles. The molecule has 0 aromatic rings. The van der Waals surface area contributed by atoms with E-state index < -0.39 is 0 Å². The molecule has 2 aliphatic rings. The second-order valence-corrected chi connectivity index (χ2v) is 5.97. The van der Waals surface area contributed by atoms with Crippen molar-refractivity contribution < 1.29 is 0 Å². The highest BCUT2D eigenvalue weighted by molar-refractivity contribution is 4.84. The Hall–Kier alpha value is -0.0800. The monoisotopic (exact) mass is 238 g/mol. The quantitative estimate of drug-likeness (QED) is 0.792. The predicted octanol–water partition coefficient (Wildman–Crippen LogP) is 3.03. The third-order valence-electron chi connectivity index (χ3n) is 5.04. The molecule has 2 heteroatoms. The number of hydrogen-bond acceptors (Lipinski definition) is 2. The van der Waals surface area contributed by atoms with Crippen molar-refractivity contribution in [1.29, 1.82) is 0 Å². The highest BCUT2D eigenvalue weighted by Gasteiger charge is 2.27. The lowest BCUT2D eigenvalue weighted by molar-refractivity contribution is 0.133. The lowest BCUT2D eigenvalue weighted by Gasteiger charge is -2.36. The molecule has 0 aromatic carbocycles. The van der Waals surface area contributed by atoms with E-state index in [1.165, 1.54) is 64.5 Å². The molecule has 2 nitrogen and oxygen atoms in total. The van der Waals surface area contributed by atoms with Crippen molar-refractivity contribution in [2.45, 2.75) is 70.4 Å². The van der Waals surface area contributed by atoms with Gasteiger partial charge in [-0.15, -0.1) is 0 Å². The summed E-state index contributed by atoms with van der Waals surface area (Å²) in [5.41, 5.74) is 0. The summed E-state index contributed by atoms with van der Waals surface area (Å²) >= 11 is 0. The van der Waals surface area contributed by atoms with Gasteiger partial charge in [0.15, 0.2) is 0 Å². The topological polar surface area (TPSA) is 15.3 Å². The van der Waals surface area contributed by atoms with Crippen molar-refractivity contribution in [1.82, 2.24) is 10.2 Å². The first-order valence-corrected chi connectivity index (χ1v) is 7.76.